The van der Waals surface area contributed by atoms with Crippen LogP contribution in [0.1, 0.15) is 54.9 Å². The molecule has 0 bridgehead atoms. The van der Waals surface area contributed by atoms with Gasteiger partial charge in [0, 0.05) is 41.0 Å². The quantitative estimate of drug-likeness (QED) is 0.151. The fourth-order valence-electron chi connectivity index (χ4n) is 5.79. The third kappa shape index (κ3) is 9.54. The van der Waals surface area contributed by atoms with Crippen molar-refractivity contribution in [2.45, 2.75) is 126 Å². The Morgan fingerprint density at radius 2 is 1.56 bits per heavy atom. The van der Waals surface area contributed by atoms with Gasteiger partial charge in [0.1, 0.15) is 37.1 Å². The molecule has 0 aliphatic carbocycles. The second-order valence-electron chi connectivity index (χ2n) is 11.8. The van der Waals surface area contributed by atoms with Gasteiger partial charge in [-0.1, -0.05) is 0 Å². The third-order valence-corrected chi connectivity index (χ3v) is 9.03. The number of amides is 1. The van der Waals surface area contributed by atoms with Crippen molar-refractivity contribution in [3.8, 4) is 0 Å². The molecular formula is C29H43NO17S. The van der Waals surface area contributed by atoms with Crippen molar-refractivity contribution in [3.05, 3.63) is 0 Å². The van der Waals surface area contributed by atoms with Gasteiger partial charge in [-0.15, -0.1) is 11.8 Å². The number of aliphatic hydroxyl groups excluding tert-OH is 2. The molecule has 48 heavy (non-hydrogen) atoms. The van der Waals surface area contributed by atoms with E-state index in [0.29, 0.717) is 0 Å². The molecule has 0 aromatic rings. The molecule has 3 saturated heterocycles. The van der Waals surface area contributed by atoms with Crippen molar-refractivity contribution in [2.75, 3.05) is 20.3 Å². The van der Waals surface area contributed by atoms with Gasteiger partial charge in [-0.25, -0.2) is 4.79 Å². The highest BCUT2D eigenvalue weighted by molar-refractivity contribution is 8.02. The summed E-state index contributed by atoms with van der Waals surface area (Å²) in [5.74, 6) is -6.24. The van der Waals surface area contributed by atoms with E-state index < -0.39 is 126 Å². The molecule has 1 amide bonds. The molecule has 3 aliphatic heterocycles. The van der Waals surface area contributed by atoms with Crippen molar-refractivity contribution in [1.82, 2.24) is 5.32 Å². The van der Waals surface area contributed by atoms with Crippen molar-refractivity contribution in [2.24, 2.45) is 0 Å². The highest BCUT2D eigenvalue weighted by Crippen LogP contribution is 2.51. The van der Waals surface area contributed by atoms with Gasteiger partial charge in [-0.2, -0.15) is 0 Å². The maximum absolute atomic E-state index is 13.9. The van der Waals surface area contributed by atoms with Crippen LogP contribution in [0.4, 0.5) is 0 Å². The topological polar surface area (TPSA) is 238 Å². The molecule has 3 aliphatic rings. The van der Waals surface area contributed by atoms with E-state index in [1.54, 1.807) is 13.8 Å². The summed E-state index contributed by atoms with van der Waals surface area (Å²) in [4.78, 5) is 73.0. The summed E-state index contributed by atoms with van der Waals surface area (Å²) in [6, 6.07) is -1.36. The predicted molar refractivity (Wildman–Crippen MR) is 158 cm³/mol. The first kappa shape index (κ1) is 39.4. The van der Waals surface area contributed by atoms with Gasteiger partial charge < -0.3 is 58.2 Å². The number of hydrogen-bond acceptors (Lipinski definition) is 18. The average molecular weight is 710 g/mol. The number of hydrogen-bond donors (Lipinski definition) is 3. The molecule has 0 radical (unpaired) electrons. The largest absolute Gasteiger partial charge is 0.466 e. The second-order valence-corrected chi connectivity index (χ2v) is 13.3. The van der Waals surface area contributed by atoms with E-state index in [4.69, 9.17) is 42.6 Å². The van der Waals surface area contributed by atoms with E-state index in [0.717, 1.165) is 53.5 Å². The summed E-state index contributed by atoms with van der Waals surface area (Å²) < 4.78 is 51.1. The highest BCUT2D eigenvalue weighted by Gasteiger charge is 2.64. The normalized spacial score (nSPS) is 32.5. The van der Waals surface area contributed by atoms with Gasteiger partial charge in [0.25, 0.3) is 0 Å². The van der Waals surface area contributed by atoms with E-state index >= 15 is 0 Å². The minimum absolute atomic E-state index is 0.486. The van der Waals surface area contributed by atoms with Crippen LogP contribution < -0.4 is 5.32 Å². The molecule has 3 rings (SSSR count). The van der Waals surface area contributed by atoms with Crippen LogP contribution in [0.15, 0.2) is 0 Å². The molecule has 0 spiro atoms. The Balaban J connectivity index is 2.23. The van der Waals surface area contributed by atoms with E-state index in [1.165, 1.54) is 0 Å². The molecule has 0 aromatic carbocycles. The summed E-state index contributed by atoms with van der Waals surface area (Å²) >= 11 is 0.737. The first-order valence-electron chi connectivity index (χ1n) is 15.0. The minimum Gasteiger partial charge on any atom is -0.466 e. The van der Waals surface area contributed by atoms with Gasteiger partial charge in [0.2, 0.25) is 10.8 Å². The zero-order valence-corrected chi connectivity index (χ0v) is 28.6. The second kappa shape index (κ2) is 16.1. The lowest BCUT2D eigenvalue weighted by atomic mass is 9.89. The van der Waals surface area contributed by atoms with Crippen LogP contribution >= 0.6 is 11.8 Å². The Labute approximate surface area is 280 Å². The number of esters is 5. The molecule has 19 heteroatoms. The maximum Gasteiger partial charge on any atom is 0.349 e. The smallest absolute Gasteiger partial charge is 0.349 e. The first-order valence-corrected chi connectivity index (χ1v) is 15.9. The molecule has 11 atom stereocenters. The fraction of sp³-hybridized carbons (Fsp3) is 0.793. The van der Waals surface area contributed by atoms with Crippen molar-refractivity contribution in [1.29, 1.82) is 0 Å². The Morgan fingerprint density at radius 1 is 0.917 bits per heavy atom. The fourth-order valence-corrected chi connectivity index (χ4v) is 7.54. The summed E-state index contributed by atoms with van der Waals surface area (Å²) in [5.41, 5.74) is 0. The average Bonchev–Trinajstić information content (AvgIpc) is 3.45. The van der Waals surface area contributed by atoms with Gasteiger partial charge in [-0.05, 0) is 13.8 Å². The predicted octanol–water partition coefficient (Wildman–Crippen LogP) is -1.16. The van der Waals surface area contributed by atoms with Crippen LogP contribution in [0.3, 0.4) is 0 Å². The van der Waals surface area contributed by atoms with Crippen molar-refractivity contribution in [3.63, 3.8) is 0 Å². The van der Waals surface area contributed by atoms with Crippen LogP contribution in [0, 0.1) is 0 Å². The van der Waals surface area contributed by atoms with Crippen LogP contribution in [0.5, 0.6) is 0 Å². The zero-order chi connectivity index (χ0) is 36.1. The number of ether oxygens (including phenoxy) is 9. The molecule has 272 valence electrons. The van der Waals surface area contributed by atoms with Gasteiger partial charge >= 0.3 is 29.8 Å². The minimum atomic E-state index is -2.21. The Morgan fingerprint density at radius 3 is 2.08 bits per heavy atom. The molecule has 0 saturated carbocycles. The van der Waals surface area contributed by atoms with Crippen molar-refractivity contribution < 1.29 is 81.6 Å². The number of carbonyl (C=O) groups is 6. The number of aliphatic hydroxyl groups is 2. The van der Waals surface area contributed by atoms with E-state index in [1.807, 2.05) is 0 Å². The molecular weight excluding hydrogens is 666 g/mol. The monoisotopic (exact) mass is 709 g/mol. The maximum atomic E-state index is 13.9. The van der Waals surface area contributed by atoms with Crippen LogP contribution in [0.25, 0.3) is 0 Å². The number of fused-ring (bicyclic) bond motifs is 1. The van der Waals surface area contributed by atoms with Gasteiger partial charge in [0.05, 0.1) is 25.0 Å². The SMILES string of the molecule is COC(=O)[C@@]1(S[C@H]2[C@H]([C@H](O)CO)O[C@@H]3OC(C)(C)O[C@@H]32)C[C@H](OC(C)=O)[C@@H](NC(C)=O)[C@H]([C@H](OC(C)=O)[C@@H](COC(C)=O)OC(C)=O)O1. The number of methoxy groups -OCH3 is 1. The first-order chi connectivity index (χ1) is 22.3. The van der Waals surface area contributed by atoms with Crippen molar-refractivity contribution >= 4 is 47.5 Å². The lowest BCUT2D eigenvalue weighted by molar-refractivity contribution is -0.224. The van der Waals surface area contributed by atoms with Gasteiger partial charge in [-0.3, -0.25) is 24.0 Å². The zero-order valence-electron chi connectivity index (χ0n) is 27.8. The lowest BCUT2D eigenvalue weighted by Gasteiger charge is -2.49. The molecule has 3 fully saturated rings. The molecule has 0 aromatic heterocycles. The lowest BCUT2D eigenvalue weighted by Crippen LogP contribution is -2.68. The van der Waals surface area contributed by atoms with E-state index in [2.05, 4.69) is 5.32 Å². The van der Waals surface area contributed by atoms with Gasteiger partial charge in [0.15, 0.2) is 24.3 Å². The molecule has 3 N–H and O–H groups in total. The van der Waals surface area contributed by atoms with Crippen LogP contribution in [-0.4, -0.2) is 137 Å². The Hall–Kier alpha value is -3.07. The highest BCUT2D eigenvalue weighted by atomic mass is 32.2. The van der Waals surface area contributed by atoms with Crippen LogP contribution in [-0.2, 0) is 71.4 Å². The molecule has 3 heterocycles. The molecule has 18 nitrogen and oxygen atoms in total. The standard InChI is InChI=1S/C29H43NO17S/c1-12(32)30-20-18(41-14(3)34)9-29(27(38)39-8,48-25-21(17(37)10-31)44-26-24(25)45-28(6,7)47-26)46-23(20)22(43-16(5)36)19(42-15(4)35)11-40-13(2)33/h17-26,31,37H,9-11H2,1-8H3,(H,30,32)/t17-,18+,19-,20-,21+,22-,23-,24-,25+,26-,29+/m1/s1. The number of carbonyl (C=O) groups excluding carboxylic acids is 6. The number of thioether (sulfide) groups is 1. The summed E-state index contributed by atoms with van der Waals surface area (Å²) in [5, 5.41) is 22.1. The number of rotatable bonds is 13. The van der Waals surface area contributed by atoms with Crippen LogP contribution in [0.2, 0.25) is 0 Å². The Bertz CT molecular complexity index is 1230. The Kier molecular flexibility index (Phi) is 13.2. The van der Waals surface area contributed by atoms with E-state index in [9.17, 15) is 39.0 Å². The summed E-state index contributed by atoms with van der Waals surface area (Å²) in [6.45, 7) is 7.24. The third-order valence-electron chi connectivity index (χ3n) is 7.41. The summed E-state index contributed by atoms with van der Waals surface area (Å²) in [7, 11) is 1.06. The molecule has 0 unspecified atom stereocenters. The van der Waals surface area contributed by atoms with E-state index in [-0.39, 0.29) is 0 Å². The summed E-state index contributed by atoms with van der Waals surface area (Å²) in [6.07, 6.45) is -11.5. The number of nitrogens with one attached hydrogen (secondary N) is 1.